The third-order valence-corrected chi connectivity index (χ3v) is 4.24. The van der Waals surface area contributed by atoms with Crippen LogP contribution < -0.4 is 10.6 Å². The van der Waals surface area contributed by atoms with Crippen molar-refractivity contribution in [1.29, 1.82) is 0 Å². The molecule has 0 saturated heterocycles. The summed E-state index contributed by atoms with van der Waals surface area (Å²) in [7, 11) is 0. The molecule has 0 spiro atoms. The van der Waals surface area contributed by atoms with Gasteiger partial charge < -0.3 is 15.4 Å². The first kappa shape index (κ1) is 21.9. The Bertz CT molecular complexity index is 874. The third kappa shape index (κ3) is 7.25. The van der Waals surface area contributed by atoms with E-state index in [1.165, 1.54) is 18.6 Å². The summed E-state index contributed by atoms with van der Waals surface area (Å²) in [5, 5.41) is 5.24. The molecule has 6 nitrogen and oxygen atoms in total. The van der Waals surface area contributed by atoms with Crippen molar-refractivity contribution in [2.45, 2.75) is 33.2 Å². The fraction of sp³-hybridized carbons (Fsp3) is 0.261. The fourth-order valence-corrected chi connectivity index (χ4v) is 2.67. The summed E-state index contributed by atoms with van der Waals surface area (Å²) >= 11 is 0. The van der Waals surface area contributed by atoms with E-state index in [2.05, 4.69) is 17.6 Å². The monoisotopic (exact) mass is 394 g/mol. The van der Waals surface area contributed by atoms with Gasteiger partial charge in [0.2, 0.25) is 5.91 Å². The lowest BCUT2D eigenvalue weighted by atomic mass is 10.1. The van der Waals surface area contributed by atoms with Crippen LogP contribution in [0.3, 0.4) is 0 Å². The van der Waals surface area contributed by atoms with E-state index in [1.807, 2.05) is 49.4 Å². The molecule has 2 aromatic rings. The molecule has 6 heteroatoms. The summed E-state index contributed by atoms with van der Waals surface area (Å²) in [4.78, 5) is 35.9. The molecule has 0 aliphatic heterocycles. The Hall–Kier alpha value is -3.41. The molecule has 0 fully saturated rings. The molecule has 2 aromatic carbocycles. The predicted octanol–water partition coefficient (Wildman–Crippen LogP) is 3.15. The molecular formula is C23H26N2O4. The SMILES string of the molecule is CCc1ccc([C@H](C)NC(=O)COC(=O)/C(=C/c2ccccc2)NC(C)=O)cc1. The average Bonchev–Trinajstić information content (AvgIpc) is 2.72. The maximum atomic E-state index is 12.3. The first-order valence-electron chi connectivity index (χ1n) is 9.48. The highest BCUT2D eigenvalue weighted by Crippen LogP contribution is 2.13. The Morgan fingerprint density at radius 3 is 2.28 bits per heavy atom. The second-order valence-corrected chi connectivity index (χ2v) is 6.61. The summed E-state index contributed by atoms with van der Waals surface area (Å²) in [6.07, 6.45) is 2.45. The van der Waals surface area contributed by atoms with Gasteiger partial charge in [0.15, 0.2) is 6.61 Å². The molecule has 0 radical (unpaired) electrons. The van der Waals surface area contributed by atoms with Crippen molar-refractivity contribution < 1.29 is 19.1 Å². The molecule has 0 bridgehead atoms. The highest BCUT2D eigenvalue weighted by atomic mass is 16.5. The standard InChI is InChI=1S/C23H26N2O4/c1-4-18-10-12-20(13-11-18)16(2)24-22(27)15-29-23(28)21(25-17(3)26)14-19-8-6-5-7-9-19/h5-14,16H,4,15H2,1-3H3,(H,24,27)(H,25,26)/b21-14-/t16-/m0/s1. The first-order chi connectivity index (χ1) is 13.9. The zero-order chi connectivity index (χ0) is 21.2. The molecule has 0 unspecified atom stereocenters. The minimum atomic E-state index is -0.779. The molecule has 0 aliphatic carbocycles. The highest BCUT2D eigenvalue weighted by molar-refractivity contribution is 5.98. The van der Waals surface area contributed by atoms with E-state index in [1.54, 1.807) is 12.1 Å². The molecule has 2 N–H and O–H groups in total. The number of amides is 2. The van der Waals surface area contributed by atoms with Crippen molar-refractivity contribution in [2.24, 2.45) is 0 Å². The molecule has 0 heterocycles. The van der Waals surface area contributed by atoms with Crippen molar-refractivity contribution in [3.05, 3.63) is 77.0 Å². The van der Waals surface area contributed by atoms with Gasteiger partial charge in [0.05, 0.1) is 6.04 Å². The van der Waals surface area contributed by atoms with E-state index in [0.29, 0.717) is 0 Å². The number of carbonyl (C=O) groups is 3. The largest absolute Gasteiger partial charge is 0.451 e. The van der Waals surface area contributed by atoms with E-state index in [4.69, 9.17) is 4.74 Å². The van der Waals surface area contributed by atoms with Crippen LogP contribution in [0.15, 0.2) is 60.3 Å². The van der Waals surface area contributed by atoms with E-state index in [-0.39, 0.29) is 11.7 Å². The molecular weight excluding hydrogens is 368 g/mol. The molecule has 2 rings (SSSR count). The number of hydrogen-bond acceptors (Lipinski definition) is 4. The molecule has 0 saturated carbocycles. The number of benzene rings is 2. The van der Waals surface area contributed by atoms with Crippen molar-refractivity contribution in [1.82, 2.24) is 10.6 Å². The summed E-state index contributed by atoms with van der Waals surface area (Å²) < 4.78 is 5.08. The Labute approximate surface area is 171 Å². The van der Waals surface area contributed by atoms with Crippen molar-refractivity contribution in [3.63, 3.8) is 0 Å². The van der Waals surface area contributed by atoms with Gasteiger partial charge in [-0.05, 0) is 36.1 Å². The van der Waals surface area contributed by atoms with Crippen molar-refractivity contribution >= 4 is 23.9 Å². The van der Waals surface area contributed by atoms with Gasteiger partial charge in [-0.1, -0.05) is 61.5 Å². The number of ether oxygens (including phenoxy) is 1. The maximum absolute atomic E-state index is 12.3. The van der Waals surface area contributed by atoms with Crippen LogP contribution in [-0.4, -0.2) is 24.4 Å². The fourth-order valence-electron chi connectivity index (χ4n) is 2.67. The number of rotatable bonds is 8. The number of nitrogens with one attached hydrogen (secondary N) is 2. The minimum absolute atomic E-state index is 0.0281. The Balaban J connectivity index is 1.94. The second-order valence-electron chi connectivity index (χ2n) is 6.61. The normalized spacial score (nSPS) is 12.0. The maximum Gasteiger partial charge on any atom is 0.355 e. The summed E-state index contributed by atoms with van der Waals surface area (Å²) in [6.45, 7) is 4.79. The van der Waals surface area contributed by atoms with E-state index >= 15 is 0 Å². The van der Waals surface area contributed by atoms with E-state index < -0.39 is 24.4 Å². The Morgan fingerprint density at radius 1 is 1.03 bits per heavy atom. The quantitative estimate of drug-likeness (QED) is 0.532. The molecule has 29 heavy (non-hydrogen) atoms. The third-order valence-electron chi connectivity index (χ3n) is 4.24. The van der Waals surface area contributed by atoms with Gasteiger partial charge in [0.1, 0.15) is 5.70 Å². The van der Waals surface area contributed by atoms with Crippen LogP contribution in [0.1, 0.15) is 43.5 Å². The van der Waals surface area contributed by atoms with Crippen LogP contribution in [0.25, 0.3) is 6.08 Å². The van der Waals surface area contributed by atoms with Crippen molar-refractivity contribution in [3.8, 4) is 0 Å². The van der Waals surface area contributed by atoms with Gasteiger partial charge in [-0.25, -0.2) is 4.79 Å². The van der Waals surface area contributed by atoms with E-state index in [9.17, 15) is 14.4 Å². The van der Waals surface area contributed by atoms with Gasteiger partial charge >= 0.3 is 5.97 Å². The first-order valence-corrected chi connectivity index (χ1v) is 9.48. The van der Waals surface area contributed by atoms with Gasteiger partial charge in [-0.15, -0.1) is 0 Å². The van der Waals surface area contributed by atoms with Crippen LogP contribution in [0.2, 0.25) is 0 Å². The minimum Gasteiger partial charge on any atom is -0.451 e. The van der Waals surface area contributed by atoms with Crippen molar-refractivity contribution in [2.75, 3.05) is 6.61 Å². The van der Waals surface area contributed by atoms with Crippen LogP contribution in [-0.2, 0) is 25.5 Å². The molecule has 0 aromatic heterocycles. The number of esters is 1. The van der Waals surface area contributed by atoms with Crippen LogP contribution in [0, 0.1) is 0 Å². The predicted molar refractivity (Wildman–Crippen MR) is 112 cm³/mol. The number of hydrogen-bond donors (Lipinski definition) is 2. The molecule has 2 amide bonds. The topological polar surface area (TPSA) is 84.5 Å². The lowest BCUT2D eigenvalue weighted by Crippen LogP contribution is -2.33. The number of carbonyl (C=O) groups excluding carboxylic acids is 3. The molecule has 152 valence electrons. The van der Waals surface area contributed by atoms with Gasteiger partial charge in [0.25, 0.3) is 5.91 Å². The summed E-state index contributed by atoms with van der Waals surface area (Å²) in [5.74, 6) is -1.61. The zero-order valence-electron chi connectivity index (χ0n) is 16.9. The Kier molecular flexibility index (Phi) is 8.15. The van der Waals surface area contributed by atoms with Crippen LogP contribution in [0.5, 0.6) is 0 Å². The second kappa shape index (κ2) is 10.8. The van der Waals surface area contributed by atoms with Gasteiger partial charge in [-0.3, -0.25) is 9.59 Å². The average molecular weight is 394 g/mol. The summed E-state index contributed by atoms with van der Waals surface area (Å²) in [6, 6.07) is 16.8. The Morgan fingerprint density at radius 2 is 1.69 bits per heavy atom. The summed E-state index contributed by atoms with van der Waals surface area (Å²) in [5.41, 5.74) is 2.88. The van der Waals surface area contributed by atoms with Crippen LogP contribution in [0.4, 0.5) is 0 Å². The van der Waals surface area contributed by atoms with Crippen LogP contribution >= 0.6 is 0 Å². The molecule has 1 atom stereocenters. The van der Waals surface area contributed by atoms with E-state index in [0.717, 1.165) is 17.5 Å². The van der Waals surface area contributed by atoms with Gasteiger partial charge in [-0.2, -0.15) is 0 Å². The lowest BCUT2D eigenvalue weighted by Gasteiger charge is -2.15. The molecule has 0 aliphatic rings. The highest BCUT2D eigenvalue weighted by Gasteiger charge is 2.16. The van der Waals surface area contributed by atoms with Gasteiger partial charge in [0, 0.05) is 6.92 Å². The number of aryl methyl sites for hydroxylation is 1. The smallest absolute Gasteiger partial charge is 0.355 e. The zero-order valence-corrected chi connectivity index (χ0v) is 16.9. The lowest BCUT2D eigenvalue weighted by molar-refractivity contribution is -0.145.